The molecule has 0 spiro atoms. The van der Waals surface area contributed by atoms with Crippen LogP contribution in [0.1, 0.15) is 20.8 Å². The number of thiophene rings is 1. The van der Waals surface area contributed by atoms with Gasteiger partial charge in [-0.3, -0.25) is 0 Å². The van der Waals surface area contributed by atoms with E-state index in [4.69, 9.17) is 10.2 Å². The topological polar surface area (TPSA) is 104 Å². The summed E-state index contributed by atoms with van der Waals surface area (Å²) < 4.78 is 26.4. The fourth-order valence-electron chi connectivity index (χ4n) is 1.59. The molecule has 0 amide bonds. The third-order valence-electron chi connectivity index (χ3n) is 2.73. The zero-order chi connectivity index (χ0) is 15.5. The number of rotatable bonds is 6. The number of nitrogens with one attached hydrogen (secondary N) is 1. The molecule has 0 aliphatic rings. The smallest absolute Gasteiger partial charge is 0.345 e. The van der Waals surface area contributed by atoms with Crippen LogP contribution in [-0.2, 0) is 23.2 Å². The molecule has 2 rings (SSSR count). The summed E-state index contributed by atoms with van der Waals surface area (Å²) in [6.07, 6.45) is 0. The average Bonchev–Trinajstić information content (AvgIpc) is 2.97. The zero-order valence-corrected chi connectivity index (χ0v) is 12.4. The van der Waals surface area contributed by atoms with Crippen molar-refractivity contribution in [1.29, 1.82) is 0 Å². The van der Waals surface area contributed by atoms with Crippen LogP contribution in [0.4, 0.5) is 0 Å². The van der Waals surface area contributed by atoms with Gasteiger partial charge in [-0.25, -0.2) is 17.9 Å². The average molecular weight is 327 g/mol. The second-order valence-corrected chi connectivity index (χ2v) is 7.30. The number of hydrogen-bond donors (Lipinski definition) is 3. The molecule has 0 saturated heterocycles. The van der Waals surface area contributed by atoms with Gasteiger partial charge in [0, 0.05) is 6.54 Å². The highest BCUT2D eigenvalue weighted by atomic mass is 32.2. The van der Waals surface area contributed by atoms with E-state index >= 15 is 0 Å². The fraction of sp³-hybridized carbons (Fsp3) is 0.154. The molecule has 112 valence electrons. The lowest BCUT2D eigenvalue weighted by Gasteiger charge is -2.05. The molecule has 6 nitrogen and oxygen atoms in total. The summed E-state index contributed by atoms with van der Waals surface area (Å²) in [5.41, 5.74) is 1.48. The van der Waals surface area contributed by atoms with Crippen molar-refractivity contribution in [3.05, 3.63) is 52.4 Å². The molecule has 0 aliphatic carbocycles. The van der Waals surface area contributed by atoms with Gasteiger partial charge < -0.3 is 10.2 Å². The molecule has 0 saturated carbocycles. The van der Waals surface area contributed by atoms with Crippen molar-refractivity contribution < 1.29 is 23.4 Å². The van der Waals surface area contributed by atoms with Crippen LogP contribution in [0.5, 0.6) is 0 Å². The molecule has 1 heterocycles. The van der Waals surface area contributed by atoms with E-state index in [0.29, 0.717) is 11.3 Å². The number of aromatic carboxylic acids is 1. The van der Waals surface area contributed by atoms with Crippen molar-refractivity contribution >= 4 is 27.3 Å². The standard InChI is InChI=1S/C13H13NO5S2/c15-8-10-3-1-9(2-4-10)7-14-21(18,19)12-6-5-11(20-12)13(16)17/h1-6,14-15H,7-8H2,(H,16,17). The van der Waals surface area contributed by atoms with Gasteiger partial charge >= 0.3 is 5.97 Å². The summed E-state index contributed by atoms with van der Waals surface area (Å²) in [5.74, 6) is -1.15. The van der Waals surface area contributed by atoms with Gasteiger partial charge in [-0.1, -0.05) is 24.3 Å². The SMILES string of the molecule is O=C(O)c1ccc(S(=O)(=O)NCc2ccc(CO)cc2)s1. The highest BCUT2D eigenvalue weighted by molar-refractivity contribution is 7.91. The van der Waals surface area contributed by atoms with Crippen molar-refractivity contribution in [2.45, 2.75) is 17.4 Å². The Hall–Kier alpha value is -1.74. The quantitative estimate of drug-likeness (QED) is 0.744. The molecule has 0 bridgehead atoms. The first kappa shape index (κ1) is 15.6. The number of aliphatic hydroxyl groups is 1. The van der Waals surface area contributed by atoms with Gasteiger partial charge in [0.1, 0.15) is 9.09 Å². The van der Waals surface area contributed by atoms with Crippen molar-refractivity contribution in [2.24, 2.45) is 0 Å². The first-order chi connectivity index (χ1) is 9.92. The van der Waals surface area contributed by atoms with Crippen molar-refractivity contribution in [1.82, 2.24) is 4.72 Å². The Morgan fingerprint density at radius 2 is 1.71 bits per heavy atom. The Morgan fingerprint density at radius 3 is 2.24 bits per heavy atom. The molecule has 8 heteroatoms. The molecule has 1 aromatic heterocycles. The largest absolute Gasteiger partial charge is 0.477 e. The van der Waals surface area contributed by atoms with E-state index in [1.165, 1.54) is 12.1 Å². The van der Waals surface area contributed by atoms with Crippen LogP contribution in [0, 0.1) is 0 Å². The number of carboxylic acids is 1. The second kappa shape index (κ2) is 6.35. The van der Waals surface area contributed by atoms with E-state index in [9.17, 15) is 13.2 Å². The highest BCUT2D eigenvalue weighted by Gasteiger charge is 2.18. The number of carboxylic acid groups (broad SMARTS) is 1. The van der Waals surface area contributed by atoms with E-state index in [1.807, 2.05) is 0 Å². The number of carbonyl (C=O) groups is 1. The van der Waals surface area contributed by atoms with Gasteiger partial charge in [-0.15, -0.1) is 11.3 Å². The molecule has 2 aromatic rings. The molecule has 0 fully saturated rings. The van der Waals surface area contributed by atoms with E-state index < -0.39 is 16.0 Å². The van der Waals surface area contributed by atoms with Gasteiger partial charge in [0.15, 0.2) is 0 Å². The molecular formula is C13H13NO5S2. The summed E-state index contributed by atoms with van der Waals surface area (Å²) in [7, 11) is -3.73. The van der Waals surface area contributed by atoms with Gasteiger partial charge in [-0.2, -0.15) is 0 Å². The zero-order valence-electron chi connectivity index (χ0n) is 10.8. The van der Waals surface area contributed by atoms with E-state index in [0.717, 1.165) is 11.1 Å². The van der Waals surface area contributed by atoms with Crippen molar-refractivity contribution in [3.8, 4) is 0 Å². The second-order valence-electron chi connectivity index (χ2n) is 4.22. The predicted octanol–water partition coefficient (Wildman–Crippen LogP) is 1.42. The Morgan fingerprint density at radius 1 is 1.10 bits per heavy atom. The number of benzene rings is 1. The van der Waals surface area contributed by atoms with Crippen LogP contribution in [0.3, 0.4) is 0 Å². The minimum absolute atomic E-state index is 0.0253. The monoisotopic (exact) mass is 327 g/mol. The predicted molar refractivity (Wildman–Crippen MR) is 77.7 cm³/mol. The minimum Gasteiger partial charge on any atom is -0.477 e. The fourth-order valence-corrected chi connectivity index (χ4v) is 3.80. The van der Waals surface area contributed by atoms with Crippen LogP contribution in [0.15, 0.2) is 40.6 Å². The lowest BCUT2D eigenvalue weighted by molar-refractivity contribution is 0.0702. The molecule has 3 N–H and O–H groups in total. The van der Waals surface area contributed by atoms with Gasteiger partial charge in [0.05, 0.1) is 6.61 Å². The first-order valence-corrected chi connectivity index (χ1v) is 8.24. The maximum Gasteiger partial charge on any atom is 0.345 e. The van der Waals surface area contributed by atoms with Crippen molar-refractivity contribution in [2.75, 3.05) is 0 Å². The minimum atomic E-state index is -3.73. The molecule has 0 radical (unpaired) electrons. The highest BCUT2D eigenvalue weighted by Crippen LogP contribution is 2.21. The maximum absolute atomic E-state index is 12.0. The molecule has 21 heavy (non-hydrogen) atoms. The van der Waals surface area contributed by atoms with Crippen LogP contribution in [-0.4, -0.2) is 24.6 Å². The Kier molecular flexibility index (Phi) is 4.73. The molecule has 0 atom stereocenters. The van der Waals surface area contributed by atoms with Crippen LogP contribution < -0.4 is 4.72 Å². The molecular weight excluding hydrogens is 314 g/mol. The number of hydrogen-bond acceptors (Lipinski definition) is 5. The Labute approximate surface area is 125 Å². The summed E-state index contributed by atoms with van der Waals surface area (Å²) in [5, 5.41) is 17.7. The van der Waals surface area contributed by atoms with E-state index in [1.54, 1.807) is 24.3 Å². The van der Waals surface area contributed by atoms with Crippen LogP contribution in [0.25, 0.3) is 0 Å². The van der Waals surface area contributed by atoms with Crippen molar-refractivity contribution in [3.63, 3.8) is 0 Å². The Bertz CT molecular complexity index is 734. The normalized spacial score (nSPS) is 11.5. The van der Waals surface area contributed by atoms with E-state index in [2.05, 4.69) is 4.72 Å². The van der Waals surface area contributed by atoms with Crippen LogP contribution >= 0.6 is 11.3 Å². The van der Waals surface area contributed by atoms with Gasteiger partial charge in [0.2, 0.25) is 10.0 Å². The number of aliphatic hydroxyl groups excluding tert-OH is 1. The van der Waals surface area contributed by atoms with Gasteiger partial charge in [-0.05, 0) is 23.3 Å². The number of sulfonamides is 1. The third kappa shape index (κ3) is 3.88. The lowest BCUT2D eigenvalue weighted by atomic mass is 10.1. The van der Waals surface area contributed by atoms with Crippen LogP contribution in [0.2, 0.25) is 0 Å². The Balaban J connectivity index is 2.07. The summed E-state index contributed by atoms with van der Waals surface area (Å²) in [6, 6.07) is 9.37. The summed E-state index contributed by atoms with van der Waals surface area (Å²) in [4.78, 5) is 10.7. The molecule has 0 unspecified atom stereocenters. The third-order valence-corrected chi connectivity index (χ3v) is 5.70. The summed E-state index contributed by atoms with van der Waals surface area (Å²) in [6.45, 7) is 0.0213. The first-order valence-electron chi connectivity index (χ1n) is 5.94. The molecule has 1 aromatic carbocycles. The summed E-state index contributed by atoms with van der Waals surface area (Å²) >= 11 is 0.706. The lowest BCUT2D eigenvalue weighted by Crippen LogP contribution is -2.22. The van der Waals surface area contributed by atoms with Gasteiger partial charge in [0.25, 0.3) is 0 Å². The van der Waals surface area contributed by atoms with E-state index in [-0.39, 0.29) is 22.2 Å². The molecule has 0 aliphatic heterocycles. The maximum atomic E-state index is 12.0.